The lowest BCUT2D eigenvalue weighted by molar-refractivity contribution is -1.000. The van der Waals surface area contributed by atoms with E-state index in [0.717, 1.165) is 41.5 Å². The summed E-state index contributed by atoms with van der Waals surface area (Å²) in [6.45, 7) is 4.85. The van der Waals surface area contributed by atoms with Crippen LogP contribution in [0, 0.1) is 0 Å². The fourth-order valence-corrected chi connectivity index (χ4v) is 3.72. The zero-order valence-corrected chi connectivity index (χ0v) is 15.5. The molecule has 3 rings (SSSR count). The Morgan fingerprint density at radius 2 is 1.96 bits per heavy atom. The monoisotopic (exact) mass is 396 g/mol. The van der Waals surface area contributed by atoms with E-state index in [1.807, 2.05) is 29.6 Å². The van der Waals surface area contributed by atoms with Crippen LogP contribution in [0.5, 0.6) is 0 Å². The first-order valence-corrected chi connectivity index (χ1v) is 9.43. The Labute approximate surface area is 148 Å². The number of anilines is 2. The minimum absolute atomic E-state index is 0.108. The summed E-state index contributed by atoms with van der Waals surface area (Å²) in [6.07, 6.45) is 1.74. The molecule has 122 valence electrons. The number of amides is 1. The highest BCUT2D eigenvalue weighted by molar-refractivity contribution is 9.10. The molecule has 0 saturated carbocycles. The fourth-order valence-electron chi connectivity index (χ4n) is 2.78. The maximum absolute atomic E-state index is 12.9. The van der Waals surface area contributed by atoms with Gasteiger partial charge in [0.2, 0.25) is 0 Å². The molecule has 1 aliphatic heterocycles. The van der Waals surface area contributed by atoms with E-state index in [-0.39, 0.29) is 5.91 Å². The Kier molecular flexibility index (Phi) is 5.42. The third-order valence-electron chi connectivity index (χ3n) is 4.16. The zero-order valence-electron chi connectivity index (χ0n) is 13.1. The molecule has 1 aromatic heterocycles. The molecule has 0 atom stereocenters. The van der Waals surface area contributed by atoms with Gasteiger partial charge in [-0.2, -0.15) is 0 Å². The minimum atomic E-state index is 0.108. The summed E-state index contributed by atoms with van der Waals surface area (Å²) in [4.78, 5) is 21.9. The molecule has 2 aromatic rings. The van der Waals surface area contributed by atoms with Gasteiger partial charge in [0.25, 0.3) is 5.91 Å². The van der Waals surface area contributed by atoms with Gasteiger partial charge in [-0.05, 0) is 24.3 Å². The van der Waals surface area contributed by atoms with Gasteiger partial charge in [-0.15, -0.1) is 11.3 Å². The lowest BCUT2D eigenvalue weighted by atomic mass is 10.2. The molecule has 0 aliphatic carbocycles. The van der Waals surface area contributed by atoms with Crippen molar-refractivity contribution in [3.05, 3.63) is 40.3 Å². The molecule has 5 nitrogen and oxygen atoms in total. The van der Waals surface area contributed by atoms with Crippen LogP contribution in [-0.4, -0.2) is 50.7 Å². The predicted molar refractivity (Wildman–Crippen MR) is 95.6 cm³/mol. The van der Waals surface area contributed by atoms with Crippen molar-refractivity contribution in [2.24, 2.45) is 0 Å². The summed E-state index contributed by atoms with van der Waals surface area (Å²) in [6, 6.07) is 7.81. The number of aromatic nitrogens is 1. The molecule has 0 radical (unpaired) electrons. The first-order chi connectivity index (χ1) is 11.1. The van der Waals surface area contributed by atoms with E-state index < -0.39 is 0 Å². The van der Waals surface area contributed by atoms with Crippen molar-refractivity contribution in [1.82, 2.24) is 4.98 Å². The number of hydrogen-bond donors (Lipinski definition) is 2. The van der Waals surface area contributed by atoms with Crippen molar-refractivity contribution in [2.75, 3.05) is 44.7 Å². The SMILES string of the molecule is C[NH+]1CC[NH+](CC(=O)N(c2ccc(Br)cc2)c2nccs2)CC1. The van der Waals surface area contributed by atoms with E-state index >= 15 is 0 Å². The highest BCUT2D eigenvalue weighted by Crippen LogP contribution is 2.28. The van der Waals surface area contributed by atoms with Crippen molar-refractivity contribution in [3.8, 4) is 0 Å². The highest BCUT2D eigenvalue weighted by atomic mass is 79.9. The van der Waals surface area contributed by atoms with Crippen LogP contribution in [-0.2, 0) is 4.79 Å². The van der Waals surface area contributed by atoms with Crippen LogP contribution in [0.25, 0.3) is 0 Å². The molecular formula is C16H21BrN4OS+2. The van der Waals surface area contributed by atoms with Gasteiger partial charge in [-0.1, -0.05) is 15.9 Å². The van der Waals surface area contributed by atoms with Gasteiger partial charge in [-0.3, -0.25) is 9.69 Å². The van der Waals surface area contributed by atoms with Gasteiger partial charge in [0.15, 0.2) is 11.7 Å². The first-order valence-electron chi connectivity index (χ1n) is 7.76. The fraction of sp³-hybridized carbons (Fsp3) is 0.375. The Balaban J connectivity index is 1.78. The van der Waals surface area contributed by atoms with Crippen LogP contribution in [0.1, 0.15) is 0 Å². The molecule has 1 amide bonds. The maximum Gasteiger partial charge on any atom is 0.288 e. The van der Waals surface area contributed by atoms with Crippen molar-refractivity contribution >= 4 is 44.0 Å². The quantitative estimate of drug-likeness (QED) is 0.762. The van der Waals surface area contributed by atoms with Gasteiger partial charge in [0.05, 0.1) is 12.7 Å². The molecule has 2 N–H and O–H groups in total. The first kappa shape index (κ1) is 16.6. The van der Waals surface area contributed by atoms with E-state index in [0.29, 0.717) is 6.54 Å². The van der Waals surface area contributed by atoms with Gasteiger partial charge in [-0.25, -0.2) is 4.98 Å². The van der Waals surface area contributed by atoms with Crippen molar-refractivity contribution in [3.63, 3.8) is 0 Å². The number of nitrogens with zero attached hydrogens (tertiary/aromatic N) is 2. The third-order valence-corrected chi connectivity index (χ3v) is 5.44. The van der Waals surface area contributed by atoms with Crippen molar-refractivity contribution in [1.29, 1.82) is 0 Å². The average molecular weight is 397 g/mol. The molecule has 0 bridgehead atoms. The second-order valence-electron chi connectivity index (χ2n) is 5.90. The molecular weight excluding hydrogens is 376 g/mol. The Hall–Kier alpha value is -1.28. The van der Waals surface area contributed by atoms with Gasteiger partial charge in [0, 0.05) is 16.0 Å². The van der Waals surface area contributed by atoms with Crippen LogP contribution in [0.4, 0.5) is 10.8 Å². The number of carbonyl (C=O) groups is 1. The smallest absolute Gasteiger partial charge is 0.288 e. The van der Waals surface area contributed by atoms with Crippen LogP contribution in [0.15, 0.2) is 40.3 Å². The predicted octanol–water partition coefficient (Wildman–Crippen LogP) is -0.0165. The number of thiazole rings is 1. The average Bonchev–Trinajstić information content (AvgIpc) is 3.06. The number of nitrogens with one attached hydrogen (secondary N) is 2. The number of piperazine rings is 1. The third kappa shape index (κ3) is 4.17. The summed E-state index contributed by atoms with van der Waals surface area (Å²) in [5, 5.41) is 2.64. The van der Waals surface area contributed by atoms with Gasteiger partial charge < -0.3 is 9.80 Å². The molecule has 1 saturated heterocycles. The van der Waals surface area contributed by atoms with E-state index in [4.69, 9.17) is 0 Å². The summed E-state index contributed by atoms with van der Waals surface area (Å²) >= 11 is 4.93. The summed E-state index contributed by atoms with van der Waals surface area (Å²) in [7, 11) is 2.21. The van der Waals surface area contributed by atoms with E-state index in [9.17, 15) is 4.79 Å². The van der Waals surface area contributed by atoms with Crippen LogP contribution < -0.4 is 14.7 Å². The van der Waals surface area contributed by atoms with Crippen molar-refractivity contribution in [2.45, 2.75) is 0 Å². The number of quaternary nitrogens is 2. The number of halogens is 1. The molecule has 1 fully saturated rings. The molecule has 23 heavy (non-hydrogen) atoms. The number of benzene rings is 1. The summed E-state index contributed by atoms with van der Waals surface area (Å²) < 4.78 is 1.00. The molecule has 0 unspecified atom stereocenters. The van der Waals surface area contributed by atoms with Gasteiger partial charge >= 0.3 is 0 Å². The topological polar surface area (TPSA) is 42.1 Å². The summed E-state index contributed by atoms with van der Waals surface area (Å²) in [5.41, 5.74) is 0.868. The van der Waals surface area contributed by atoms with E-state index in [1.165, 1.54) is 16.2 Å². The van der Waals surface area contributed by atoms with Gasteiger partial charge in [0.1, 0.15) is 26.2 Å². The van der Waals surface area contributed by atoms with Crippen LogP contribution >= 0.6 is 27.3 Å². The largest absolute Gasteiger partial charge is 0.328 e. The second-order valence-corrected chi connectivity index (χ2v) is 7.69. The Bertz CT molecular complexity index is 639. The number of likely N-dealkylation sites (N-methyl/N-ethyl adjacent to an activating group) is 1. The number of hydrogen-bond acceptors (Lipinski definition) is 3. The Morgan fingerprint density at radius 1 is 1.26 bits per heavy atom. The molecule has 1 aromatic carbocycles. The number of rotatable bonds is 4. The normalized spacial score (nSPS) is 21.1. The van der Waals surface area contributed by atoms with Crippen LogP contribution in [0.3, 0.4) is 0 Å². The molecule has 7 heteroatoms. The zero-order chi connectivity index (χ0) is 16.2. The lowest BCUT2D eigenvalue weighted by Crippen LogP contribution is -3.27. The van der Waals surface area contributed by atoms with Crippen LogP contribution in [0.2, 0.25) is 0 Å². The summed E-state index contributed by atoms with van der Waals surface area (Å²) in [5.74, 6) is 0.108. The standard InChI is InChI=1S/C16H19BrN4OS/c1-19-7-9-20(10-8-19)12-15(22)21(16-18-6-11-23-16)14-4-2-13(17)3-5-14/h2-6,11H,7-10,12H2,1H3/p+2. The number of carbonyl (C=O) groups excluding carboxylic acids is 1. The second kappa shape index (κ2) is 7.53. The molecule has 0 spiro atoms. The highest BCUT2D eigenvalue weighted by Gasteiger charge is 2.27. The van der Waals surface area contributed by atoms with E-state index in [2.05, 4.69) is 28.0 Å². The van der Waals surface area contributed by atoms with Crippen molar-refractivity contribution < 1.29 is 14.6 Å². The minimum Gasteiger partial charge on any atom is -0.328 e. The molecule has 2 heterocycles. The lowest BCUT2D eigenvalue weighted by Gasteiger charge is -2.28. The Morgan fingerprint density at radius 3 is 2.57 bits per heavy atom. The molecule has 1 aliphatic rings. The van der Waals surface area contributed by atoms with E-state index in [1.54, 1.807) is 16.0 Å². The maximum atomic E-state index is 12.9.